The smallest absolute Gasteiger partial charge is 0.150 e. The number of hydrogen-bond donors (Lipinski definition) is 0. The minimum absolute atomic E-state index is 0.263. The van der Waals surface area contributed by atoms with Crippen molar-refractivity contribution in [3.05, 3.63) is 46.5 Å². The molecule has 1 aromatic carbocycles. The molecule has 0 amide bonds. The maximum atomic E-state index is 12.9. The Morgan fingerprint density at radius 2 is 2.27 bits per heavy atom. The Morgan fingerprint density at radius 1 is 1.47 bits per heavy atom. The molecule has 0 unspecified atom stereocenters. The summed E-state index contributed by atoms with van der Waals surface area (Å²) in [6.45, 7) is 2.20. The zero-order valence-electron chi connectivity index (χ0n) is 8.11. The van der Waals surface area contributed by atoms with Gasteiger partial charge in [-0.05, 0) is 24.6 Å². The van der Waals surface area contributed by atoms with Crippen molar-refractivity contribution in [1.82, 2.24) is 15.0 Å². The summed E-state index contributed by atoms with van der Waals surface area (Å²) in [5, 5.41) is 8.16. The third-order valence-corrected chi connectivity index (χ3v) is 2.52. The Bertz CT molecular complexity index is 481. The van der Waals surface area contributed by atoms with E-state index >= 15 is 0 Å². The van der Waals surface area contributed by atoms with Crippen LogP contribution in [-0.2, 0) is 6.54 Å². The number of halogens is 2. The highest BCUT2D eigenvalue weighted by atomic mass is 35.5. The fraction of sp³-hybridized carbons (Fsp3) is 0.200. The maximum Gasteiger partial charge on any atom is 0.150 e. The number of nitrogens with zero attached hydrogens (tertiary/aromatic N) is 3. The van der Waals surface area contributed by atoms with Crippen LogP contribution in [0.4, 0.5) is 4.39 Å². The van der Waals surface area contributed by atoms with E-state index in [1.54, 1.807) is 13.0 Å². The fourth-order valence-corrected chi connectivity index (χ4v) is 1.43. The second kappa shape index (κ2) is 3.98. The number of rotatable bonds is 2. The van der Waals surface area contributed by atoms with Crippen LogP contribution in [0, 0.1) is 12.7 Å². The van der Waals surface area contributed by atoms with Gasteiger partial charge in [-0.2, -0.15) is 0 Å². The Hall–Kier alpha value is -1.42. The molecule has 0 saturated heterocycles. The van der Waals surface area contributed by atoms with Gasteiger partial charge in [0.1, 0.15) is 5.82 Å². The molecule has 0 bridgehead atoms. The number of aromatic nitrogens is 3. The fourth-order valence-electron chi connectivity index (χ4n) is 1.30. The van der Waals surface area contributed by atoms with Gasteiger partial charge >= 0.3 is 0 Å². The molecule has 1 aromatic heterocycles. The van der Waals surface area contributed by atoms with Gasteiger partial charge in [0, 0.05) is 0 Å². The standard InChI is InChI=1S/C10H9ClFN3/c1-7-10(11)15(14-13-7)6-8-3-2-4-9(12)5-8/h2-5H,6H2,1H3. The van der Waals surface area contributed by atoms with Gasteiger partial charge in [-0.15, -0.1) is 5.10 Å². The Kier molecular flexibility index (Phi) is 2.68. The summed E-state index contributed by atoms with van der Waals surface area (Å²) in [5.41, 5.74) is 1.48. The molecule has 0 radical (unpaired) electrons. The number of benzene rings is 1. The van der Waals surface area contributed by atoms with Gasteiger partial charge in [0.15, 0.2) is 5.15 Å². The van der Waals surface area contributed by atoms with Crippen molar-refractivity contribution in [2.75, 3.05) is 0 Å². The molecule has 78 valence electrons. The van der Waals surface area contributed by atoms with Gasteiger partial charge in [-0.3, -0.25) is 0 Å². The largest absolute Gasteiger partial charge is 0.229 e. The van der Waals surface area contributed by atoms with Gasteiger partial charge in [0.05, 0.1) is 12.2 Å². The predicted octanol–water partition coefficient (Wildman–Crippen LogP) is 2.43. The molecular formula is C10H9ClFN3. The van der Waals surface area contributed by atoms with Crippen LogP contribution >= 0.6 is 11.6 Å². The topological polar surface area (TPSA) is 30.7 Å². The first-order chi connectivity index (χ1) is 7.16. The monoisotopic (exact) mass is 225 g/mol. The van der Waals surface area contributed by atoms with E-state index in [-0.39, 0.29) is 5.82 Å². The van der Waals surface area contributed by atoms with Crippen LogP contribution in [0.2, 0.25) is 5.15 Å². The maximum absolute atomic E-state index is 12.9. The molecule has 2 rings (SSSR count). The summed E-state index contributed by atoms with van der Waals surface area (Å²) < 4.78 is 14.4. The average molecular weight is 226 g/mol. The lowest BCUT2D eigenvalue weighted by atomic mass is 10.2. The molecule has 2 aromatic rings. The summed E-state index contributed by atoms with van der Waals surface area (Å²) in [4.78, 5) is 0. The van der Waals surface area contributed by atoms with E-state index in [0.717, 1.165) is 5.56 Å². The number of aryl methyl sites for hydroxylation is 1. The lowest BCUT2D eigenvalue weighted by Gasteiger charge is -2.02. The second-order valence-corrected chi connectivity index (χ2v) is 3.61. The van der Waals surface area contributed by atoms with Crippen LogP contribution in [0.1, 0.15) is 11.3 Å². The van der Waals surface area contributed by atoms with E-state index in [2.05, 4.69) is 10.3 Å². The van der Waals surface area contributed by atoms with Crippen molar-refractivity contribution in [3.63, 3.8) is 0 Å². The van der Waals surface area contributed by atoms with Crippen LogP contribution in [0.3, 0.4) is 0 Å². The van der Waals surface area contributed by atoms with E-state index in [1.165, 1.54) is 16.8 Å². The highest BCUT2D eigenvalue weighted by molar-refractivity contribution is 6.30. The Labute approximate surface area is 91.5 Å². The normalized spacial score (nSPS) is 10.6. The van der Waals surface area contributed by atoms with E-state index in [0.29, 0.717) is 17.4 Å². The third kappa shape index (κ3) is 2.15. The van der Waals surface area contributed by atoms with E-state index in [4.69, 9.17) is 11.6 Å². The Morgan fingerprint density at radius 3 is 2.87 bits per heavy atom. The predicted molar refractivity (Wildman–Crippen MR) is 55.3 cm³/mol. The van der Waals surface area contributed by atoms with E-state index < -0.39 is 0 Å². The molecule has 0 N–H and O–H groups in total. The SMILES string of the molecule is Cc1nnn(Cc2cccc(F)c2)c1Cl. The van der Waals surface area contributed by atoms with Gasteiger partial charge in [-0.1, -0.05) is 28.9 Å². The summed E-state index contributed by atoms with van der Waals surface area (Å²) in [5.74, 6) is -0.263. The first-order valence-corrected chi connectivity index (χ1v) is 4.84. The van der Waals surface area contributed by atoms with Crippen LogP contribution in [-0.4, -0.2) is 15.0 Å². The first-order valence-electron chi connectivity index (χ1n) is 4.47. The lowest BCUT2D eigenvalue weighted by Crippen LogP contribution is -2.02. The summed E-state index contributed by atoms with van der Waals surface area (Å²) in [6, 6.07) is 6.32. The molecule has 0 fully saturated rings. The van der Waals surface area contributed by atoms with Crippen molar-refractivity contribution >= 4 is 11.6 Å². The Balaban J connectivity index is 2.26. The zero-order chi connectivity index (χ0) is 10.8. The molecule has 0 saturated carbocycles. The van der Waals surface area contributed by atoms with Gasteiger partial charge in [0.2, 0.25) is 0 Å². The molecule has 0 aliphatic carbocycles. The second-order valence-electron chi connectivity index (χ2n) is 3.25. The highest BCUT2D eigenvalue weighted by Crippen LogP contribution is 2.13. The molecule has 0 atom stereocenters. The molecular weight excluding hydrogens is 217 g/mol. The molecule has 0 aliphatic rings. The summed E-state index contributed by atoms with van der Waals surface area (Å²) >= 11 is 5.94. The van der Waals surface area contributed by atoms with Crippen molar-refractivity contribution in [2.45, 2.75) is 13.5 Å². The quantitative estimate of drug-likeness (QED) is 0.786. The zero-order valence-corrected chi connectivity index (χ0v) is 8.87. The van der Waals surface area contributed by atoms with Crippen molar-refractivity contribution in [1.29, 1.82) is 0 Å². The van der Waals surface area contributed by atoms with Gasteiger partial charge in [0.25, 0.3) is 0 Å². The summed E-state index contributed by atoms with van der Waals surface area (Å²) in [6.07, 6.45) is 0. The molecule has 0 spiro atoms. The molecule has 3 nitrogen and oxygen atoms in total. The lowest BCUT2D eigenvalue weighted by molar-refractivity contribution is 0.614. The summed E-state index contributed by atoms with van der Waals surface area (Å²) in [7, 11) is 0. The van der Waals surface area contributed by atoms with Crippen molar-refractivity contribution in [2.24, 2.45) is 0 Å². The van der Waals surface area contributed by atoms with E-state index in [9.17, 15) is 4.39 Å². The van der Waals surface area contributed by atoms with Crippen LogP contribution in [0.15, 0.2) is 24.3 Å². The minimum Gasteiger partial charge on any atom is -0.229 e. The van der Waals surface area contributed by atoms with Crippen LogP contribution in [0.25, 0.3) is 0 Å². The van der Waals surface area contributed by atoms with Crippen LogP contribution in [0.5, 0.6) is 0 Å². The molecule has 5 heteroatoms. The van der Waals surface area contributed by atoms with E-state index in [1.807, 2.05) is 6.07 Å². The minimum atomic E-state index is -0.263. The van der Waals surface area contributed by atoms with Gasteiger partial charge < -0.3 is 0 Å². The first kappa shape index (κ1) is 10.1. The van der Waals surface area contributed by atoms with Gasteiger partial charge in [-0.25, -0.2) is 9.07 Å². The number of hydrogen-bond acceptors (Lipinski definition) is 2. The molecule has 0 aliphatic heterocycles. The highest BCUT2D eigenvalue weighted by Gasteiger charge is 2.06. The van der Waals surface area contributed by atoms with Crippen molar-refractivity contribution < 1.29 is 4.39 Å². The molecule has 1 heterocycles. The molecule has 15 heavy (non-hydrogen) atoms. The average Bonchev–Trinajstić information content (AvgIpc) is 2.50. The van der Waals surface area contributed by atoms with Crippen LogP contribution < -0.4 is 0 Å². The third-order valence-electron chi connectivity index (χ3n) is 2.05. The van der Waals surface area contributed by atoms with Crippen molar-refractivity contribution in [3.8, 4) is 0 Å².